The molecule has 0 radical (unpaired) electrons. The lowest BCUT2D eigenvalue weighted by Crippen LogP contribution is -2.11. The van der Waals surface area contributed by atoms with E-state index in [-0.39, 0.29) is 11.1 Å². The van der Waals surface area contributed by atoms with Gasteiger partial charge in [0, 0.05) is 24.6 Å². The topological polar surface area (TPSA) is 60.1 Å². The number of imidazole rings is 1. The van der Waals surface area contributed by atoms with Crippen LogP contribution in [0.15, 0.2) is 59.7 Å². The first-order valence-electron chi connectivity index (χ1n) is 6.31. The lowest BCUT2D eigenvalue weighted by atomic mass is 10.2. The summed E-state index contributed by atoms with van der Waals surface area (Å²) in [6.45, 7) is 0.691. The average molecular weight is 302 g/mol. The summed E-state index contributed by atoms with van der Waals surface area (Å²) in [6.07, 6.45) is 6.74. The van der Waals surface area contributed by atoms with E-state index in [0.717, 1.165) is 5.56 Å². The van der Waals surface area contributed by atoms with Gasteiger partial charge in [-0.05, 0) is 35.4 Å². The third-order valence-corrected chi connectivity index (χ3v) is 3.26. The Morgan fingerprint density at radius 2 is 2.29 bits per heavy atom. The zero-order chi connectivity index (χ0) is 14.7. The van der Waals surface area contributed by atoms with Gasteiger partial charge in [-0.3, -0.25) is 4.79 Å². The molecule has 1 aromatic carbocycles. The standard InChI is InChI=1S/C15H12ClN3O2/c16-14-13(4-7-21-14)15(20)18-12-3-1-2-11(8-12)9-19-6-5-17-10-19/h1-8,10H,9H2,(H,18,20). The van der Waals surface area contributed by atoms with Crippen LogP contribution in [0.1, 0.15) is 15.9 Å². The van der Waals surface area contributed by atoms with Crippen LogP contribution in [0.5, 0.6) is 0 Å². The van der Waals surface area contributed by atoms with Crippen LogP contribution in [0.3, 0.4) is 0 Å². The summed E-state index contributed by atoms with van der Waals surface area (Å²) in [5, 5.41) is 2.88. The highest BCUT2D eigenvalue weighted by Gasteiger charge is 2.13. The molecule has 1 N–H and O–H groups in total. The minimum absolute atomic E-state index is 0.0853. The summed E-state index contributed by atoms with van der Waals surface area (Å²) >= 11 is 5.79. The molecule has 0 unspecified atom stereocenters. The van der Waals surface area contributed by atoms with Crippen LogP contribution >= 0.6 is 11.6 Å². The molecule has 0 aliphatic rings. The highest BCUT2D eigenvalue weighted by molar-refractivity contribution is 6.32. The Morgan fingerprint density at radius 3 is 3.00 bits per heavy atom. The Balaban J connectivity index is 1.74. The second kappa shape index (κ2) is 5.85. The van der Waals surface area contributed by atoms with Gasteiger partial charge in [0.15, 0.2) is 0 Å². The molecule has 3 aromatic rings. The number of halogens is 1. The van der Waals surface area contributed by atoms with Gasteiger partial charge in [0.25, 0.3) is 5.91 Å². The second-order valence-corrected chi connectivity index (χ2v) is 4.84. The largest absolute Gasteiger partial charge is 0.452 e. The Morgan fingerprint density at radius 1 is 1.38 bits per heavy atom. The van der Waals surface area contributed by atoms with Crippen LogP contribution < -0.4 is 5.32 Å². The molecule has 0 spiro atoms. The van der Waals surface area contributed by atoms with Crippen LogP contribution in [-0.2, 0) is 6.54 Å². The molecule has 5 nitrogen and oxygen atoms in total. The van der Waals surface area contributed by atoms with E-state index in [9.17, 15) is 4.79 Å². The minimum Gasteiger partial charge on any atom is -0.452 e. The number of benzene rings is 1. The molecule has 21 heavy (non-hydrogen) atoms. The lowest BCUT2D eigenvalue weighted by molar-refractivity contribution is 0.102. The zero-order valence-electron chi connectivity index (χ0n) is 11.0. The van der Waals surface area contributed by atoms with E-state index in [1.807, 2.05) is 35.0 Å². The van der Waals surface area contributed by atoms with Crippen LogP contribution in [0.2, 0.25) is 5.22 Å². The average Bonchev–Trinajstić information content (AvgIpc) is 3.10. The fourth-order valence-electron chi connectivity index (χ4n) is 1.99. The van der Waals surface area contributed by atoms with Crippen molar-refractivity contribution in [1.29, 1.82) is 0 Å². The Bertz CT molecular complexity index is 750. The number of amides is 1. The maximum Gasteiger partial charge on any atom is 0.260 e. The maximum atomic E-state index is 12.1. The lowest BCUT2D eigenvalue weighted by Gasteiger charge is -2.07. The summed E-state index contributed by atoms with van der Waals surface area (Å²) < 4.78 is 6.86. The van der Waals surface area contributed by atoms with Crippen LogP contribution in [0, 0.1) is 0 Å². The molecule has 0 atom stereocenters. The van der Waals surface area contributed by atoms with E-state index in [1.54, 1.807) is 12.5 Å². The second-order valence-electron chi connectivity index (χ2n) is 4.50. The summed E-state index contributed by atoms with van der Waals surface area (Å²) in [4.78, 5) is 16.1. The summed E-state index contributed by atoms with van der Waals surface area (Å²) in [5.41, 5.74) is 2.08. The van der Waals surface area contributed by atoms with Crippen molar-refractivity contribution in [3.05, 3.63) is 71.7 Å². The molecule has 0 saturated carbocycles. The van der Waals surface area contributed by atoms with Gasteiger partial charge in [-0.2, -0.15) is 0 Å². The molecule has 0 saturated heterocycles. The highest BCUT2D eigenvalue weighted by Crippen LogP contribution is 2.19. The molecular formula is C15H12ClN3O2. The third kappa shape index (κ3) is 3.14. The number of nitrogens with zero attached hydrogens (tertiary/aromatic N) is 2. The summed E-state index contributed by atoms with van der Waals surface area (Å²) in [6, 6.07) is 9.14. The molecule has 2 aromatic heterocycles. The normalized spacial score (nSPS) is 10.5. The number of furan rings is 1. The van der Waals surface area contributed by atoms with Gasteiger partial charge in [-0.15, -0.1) is 0 Å². The monoisotopic (exact) mass is 301 g/mol. The smallest absolute Gasteiger partial charge is 0.260 e. The van der Waals surface area contributed by atoms with Crippen LogP contribution in [0.25, 0.3) is 0 Å². The van der Waals surface area contributed by atoms with Crippen molar-refractivity contribution < 1.29 is 9.21 Å². The quantitative estimate of drug-likeness (QED) is 0.803. The number of rotatable bonds is 4. The van der Waals surface area contributed by atoms with Crippen LogP contribution in [0.4, 0.5) is 5.69 Å². The molecule has 0 fully saturated rings. The van der Waals surface area contributed by atoms with Crippen molar-refractivity contribution >= 4 is 23.2 Å². The first-order chi connectivity index (χ1) is 10.2. The molecule has 106 valence electrons. The molecule has 0 bridgehead atoms. The van der Waals surface area contributed by atoms with Crippen molar-refractivity contribution in [3.8, 4) is 0 Å². The number of anilines is 1. The van der Waals surface area contributed by atoms with Crippen molar-refractivity contribution in [2.45, 2.75) is 6.54 Å². The molecular weight excluding hydrogens is 290 g/mol. The van der Waals surface area contributed by atoms with Gasteiger partial charge in [-0.1, -0.05) is 12.1 Å². The van der Waals surface area contributed by atoms with E-state index < -0.39 is 0 Å². The first kappa shape index (κ1) is 13.5. The fraction of sp³-hybridized carbons (Fsp3) is 0.0667. The third-order valence-electron chi connectivity index (χ3n) is 2.97. The zero-order valence-corrected chi connectivity index (χ0v) is 11.7. The van der Waals surface area contributed by atoms with E-state index in [1.165, 1.54) is 12.3 Å². The van der Waals surface area contributed by atoms with Crippen molar-refractivity contribution in [1.82, 2.24) is 9.55 Å². The van der Waals surface area contributed by atoms with Crippen molar-refractivity contribution in [2.75, 3.05) is 5.32 Å². The minimum atomic E-state index is -0.298. The number of carbonyl (C=O) groups excluding carboxylic acids is 1. The number of nitrogens with one attached hydrogen (secondary N) is 1. The maximum absolute atomic E-state index is 12.1. The van der Waals surface area contributed by atoms with E-state index >= 15 is 0 Å². The number of hydrogen-bond donors (Lipinski definition) is 1. The van der Waals surface area contributed by atoms with Crippen molar-refractivity contribution in [2.24, 2.45) is 0 Å². The Labute approximate surface area is 126 Å². The number of aromatic nitrogens is 2. The molecule has 6 heteroatoms. The first-order valence-corrected chi connectivity index (χ1v) is 6.69. The Hall–Kier alpha value is -2.53. The van der Waals surface area contributed by atoms with Gasteiger partial charge in [-0.25, -0.2) is 4.98 Å². The molecule has 0 aliphatic carbocycles. The van der Waals surface area contributed by atoms with Gasteiger partial charge in [0.2, 0.25) is 5.22 Å². The van der Waals surface area contributed by atoms with Gasteiger partial charge >= 0.3 is 0 Å². The van der Waals surface area contributed by atoms with Crippen LogP contribution in [-0.4, -0.2) is 15.5 Å². The SMILES string of the molecule is O=C(Nc1cccc(Cn2ccnc2)c1)c1ccoc1Cl. The number of hydrogen-bond acceptors (Lipinski definition) is 3. The molecule has 3 rings (SSSR count). The molecule has 1 amide bonds. The Kier molecular flexibility index (Phi) is 3.75. The van der Waals surface area contributed by atoms with Crippen molar-refractivity contribution in [3.63, 3.8) is 0 Å². The predicted molar refractivity (Wildman–Crippen MR) is 79.4 cm³/mol. The molecule has 2 heterocycles. The summed E-state index contributed by atoms with van der Waals surface area (Å²) in [7, 11) is 0. The van der Waals surface area contributed by atoms with Gasteiger partial charge in [0.05, 0.1) is 18.2 Å². The van der Waals surface area contributed by atoms with Gasteiger partial charge < -0.3 is 14.3 Å². The summed E-state index contributed by atoms with van der Waals surface area (Å²) in [5.74, 6) is -0.298. The van der Waals surface area contributed by atoms with E-state index in [2.05, 4.69) is 10.3 Å². The van der Waals surface area contributed by atoms with Gasteiger partial charge in [0.1, 0.15) is 0 Å². The predicted octanol–water partition coefficient (Wildman–Crippen LogP) is 3.43. The number of carbonyl (C=O) groups is 1. The highest BCUT2D eigenvalue weighted by atomic mass is 35.5. The molecule has 0 aliphatic heterocycles. The van der Waals surface area contributed by atoms with E-state index in [4.69, 9.17) is 16.0 Å². The fourth-order valence-corrected chi connectivity index (χ4v) is 2.19. The van der Waals surface area contributed by atoms with E-state index in [0.29, 0.717) is 17.8 Å².